The number of benzene rings is 2. The van der Waals surface area contributed by atoms with Gasteiger partial charge in [-0.1, -0.05) is 42.8 Å². The summed E-state index contributed by atoms with van der Waals surface area (Å²) in [5.41, 5.74) is 4.39. The fourth-order valence-corrected chi connectivity index (χ4v) is 8.40. The van der Waals surface area contributed by atoms with Crippen LogP contribution in [0.15, 0.2) is 54.9 Å². The average molecular weight is 778 g/mol. The van der Waals surface area contributed by atoms with Crippen molar-refractivity contribution >= 4 is 41.0 Å². The highest BCUT2D eigenvalue weighted by molar-refractivity contribution is 6.24. The predicted molar refractivity (Wildman–Crippen MR) is 210 cm³/mol. The molecule has 5 heterocycles. The number of hydrogen-bond acceptors (Lipinski definition) is 12. The number of rotatable bonds is 19. The highest BCUT2D eigenvalue weighted by Crippen LogP contribution is 2.31. The van der Waals surface area contributed by atoms with Crippen molar-refractivity contribution in [3.63, 3.8) is 0 Å². The molecule has 57 heavy (non-hydrogen) atoms. The largest absolute Gasteiger partial charge is 0.392 e. The summed E-state index contributed by atoms with van der Waals surface area (Å²) in [5.74, 6) is -1.31. The Balaban J connectivity index is 0.745. The van der Waals surface area contributed by atoms with E-state index in [1.807, 2.05) is 12.1 Å². The van der Waals surface area contributed by atoms with Crippen LogP contribution in [-0.4, -0.2) is 116 Å². The van der Waals surface area contributed by atoms with Gasteiger partial charge in [-0.05, 0) is 74.2 Å². The molecule has 14 nitrogen and oxygen atoms in total. The number of hydrogen-bond donors (Lipinski definition) is 3. The summed E-state index contributed by atoms with van der Waals surface area (Å²) in [6.07, 6.45) is 7.26. The third kappa shape index (κ3) is 9.86. The summed E-state index contributed by atoms with van der Waals surface area (Å²) >= 11 is 0. The molecule has 3 aromatic rings. The standard InChI is InChI=1S/C43H51N7O7/c51-32(12-3-1-2-9-29-11-6-14-34-40(29)43(57)50(42(34)56)36-16-18-39(54)47-41(36)55)13-7-20-48-24-31(25-48)46-38-22-35(44-27-45-38)37(53)17-15-33(52)26-49-21-19-28-8-4-5-10-30(28)23-49/h4-6,8,10-11,14,22,27,31,33,36,52H,1-3,7,9,12-13,15-21,23-26H2,(H,44,45,46)(H,47,54,55)/t33-,36?/m0/s1. The van der Waals surface area contributed by atoms with Crippen molar-refractivity contribution in [2.75, 3.05) is 38.0 Å². The van der Waals surface area contributed by atoms with Gasteiger partial charge in [0.05, 0.1) is 23.3 Å². The Morgan fingerprint density at radius 3 is 2.51 bits per heavy atom. The van der Waals surface area contributed by atoms with Crippen LogP contribution in [0.1, 0.15) is 112 Å². The number of nitrogens with one attached hydrogen (secondary N) is 2. The Bertz CT molecular complexity index is 2010. The van der Waals surface area contributed by atoms with Gasteiger partial charge in [0, 0.05) is 64.5 Å². The van der Waals surface area contributed by atoms with Gasteiger partial charge in [-0.25, -0.2) is 9.97 Å². The molecule has 300 valence electrons. The highest BCUT2D eigenvalue weighted by atomic mass is 16.3. The number of ketones is 2. The van der Waals surface area contributed by atoms with Crippen LogP contribution >= 0.6 is 0 Å². The van der Waals surface area contributed by atoms with Crippen LogP contribution < -0.4 is 10.6 Å². The molecule has 7 rings (SSSR count). The van der Waals surface area contributed by atoms with Crippen LogP contribution in [0.2, 0.25) is 0 Å². The number of β-amino-alcohol motifs (C(OH)–C–C–N with tert-alkyl or cyclic N) is 1. The van der Waals surface area contributed by atoms with Crippen molar-refractivity contribution < 1.29 is 33.9 Å². The van der Waals surface area contributed by atoms with E-state index in [-0.39, 0.29) is 42.4 Å². The highest BCUT2D eigenvalue weighted by Gasteiger charge is 2.45. The number of likely N-dealkylation sites (tertiary alicyclic amines) is 1. The first-order chi connectivity index (χ1) is 27.6. The molecule has 0 bridgehead atoms. The first kappa shape index (κ1) is 40.0. The molecule has 0 saturated carbocycles. The van der Waals surface area contributed by atoms with E-state index in [0.717, 1.165) is 75.3 Å². The summed E-state index contributed by atoms with van der Waals surface area (Å²) in [7, 11) is 0. The Morgan fingerprint density at radius 1 is 0.877 bits per heavy atom. The Kier molecular flexibility index (Phi) is 12.9. The number of piperidine rings is 1. The third-order valence-corrected chi connectivity index (χ3v) is 11.5. The van der Waals surface area contributed by atoms with E-state index in [9.17, 15) is 33.9 Å². The number of aryl methyl sites for hydroxylation is 1. The van der Waals surface area contributed by atoms with Gasteiger partial charge in [-0.2, -0.15) is 0 Å². The summed E-state index contributed by atoms with van der Waals surface area (Å²) in [6.45, 7) is 4.71. The van der Waals surface area contributed by atoms with Crippen LogP contribution in [0.3, 0.4) is 0 Å². The normalized spacial score (nSPS) is 19.2. The summed E-state index contributed by atoms with van der Waals surface area (Å²) in [6, 6.07) is 14.5. The minimum atomic E-state index is -0.989. The van der Waals surface area contributed by atoms with E-state index >= 15 is 0 Å². The molecule has 4 aliphatic heterocycles. The van der Waals surface area contributed by atoms with Gasteiger partial charge in [0.2, 0.25) is 11.8 Å². The molecule has 2 aromatic carbocycles. The fraction of sp³-hybridized carbons (Fsp3) is 0.488. The zero-order chi connectivity index (χ0) is 39.9. The maximum atomic E-state index is 13.3. The number of carbonyl (C=O) groups is 6. The van der Waals surface area contributed by atoms with Crippen molar-refractivity contribution in [3.05, 3.63) is 88.4 Å². The van der Waals surface area contributed by atoms with Crippen LogP contribution in [0.5, 0.6) is 0 Å². The van der Waals surface area contributed by atoms with Crippen LogP contribution in [0.25, 0.3) is 0 Å². The number of Topliss-reactive ketones (excluding diaryl/α,β-unsaturated/α-hetero) is 2. The molecule has 0 spiro atoms. The van der Waals surface area contributed by atoms with Gasteiger partial charge in [0.1, 0.15) is 29.7 Å². The smallest absolute Gasteiger partial charge is 0.262 e. The molecular formula is C43H51N7O7. The van der Waals surface area contributed by atoms with Crippen LogP contribution in [0.4, 0.5) is 5.82 Å². The minimum Gasteiger partial charge on any atom is -0.392 e. The molecule has 3 N–H and O–H groups in total. The van der Waals surface area contributed by atoms with E-state index in [2.05, 4.69) is 48.6 Å². The molecular weight excluding hydrogens is 727 g/mol. The Hall–Kier alpha value is -5.18. The maximum Gasteiger partial charge on any atom is 0.262 e. The van der Waals surface area contributed by atoms with Crippen molar-refractivity contribution in [2.24, 2.45) is 0 Å². The summed E-state index contributed by atoms with van der Waals surface area (Å²) < 4.78 is 0. The van der Waals surface area contributed by atoms with Crippen LogP contribution in [0, 0.1) is 0 Å². The molecule has 1 aromatic heterocycles. The van der Waals surface area contributed by atoms with Gasteiger partial charge >= 0.3 is 0 Å². The average Bonchev–Trinajstić information content (AvgIpc) is 3.44. The Labute approximate surface area is 332 Å². The lowest BCUT2D eigenvalue weighted by molar-refractivity contribution is -0.136. The van der Waals surface area contributed by atoms with Gasteiger partial charge in [0.25, 0.3) is 11.8 Å². The number of carbonyl (C=O) groups excluding carboxylic acids is 6. The first-order valence-electron chi connectivity index (χ1n) is 20.3. The number of aromatic nitrogens is 2. The second kappa shape index (κ2) is 18.4. The van der Waals surface area contributed by atoms with Gasteiger partial charge in [0.15, 0.2) is 5.78 Å². The zero-order valence-corrected chi connectivity index (χ0v) is 32.3. The van der Waals surface area contributed by atoms with Gasteiger partial charge in [-0.15, -0.1) is 0 Å². The topological polar surface area (TPSA) is 182 Å². The Morgan fingerprint density at radius 2 is 1.68 bits per heavy atom. The molecule has 2 atom stereocenters. The van der Waals surface area contributed by atoms with E-state index in [0.29, 0.717) is 49.3 Å². The first-order valence-corrected chi connectivity index (χ1v) is 20.3. The number of unbranched alkanes of at least 4 members (excludes halogenated alkanes) is 2. The zero-order valence-electron chi connectivity index (χ0n) is 32.3. The molecule has 1 unspecified atom stereocenters. The summed E-state index contributed by atoms with van der Waals surface area (Å²) in [4.78, 5) is 89.9. The molecule has 0 radical (unpaired) electrons. The molecule has 4 aliphatic rings. The molecule has 0 aliphatic carbocycles. The van der Waals surface area contributed by atoms with E-state index < -0.39 is 35.8 Å². The second-order valence-corrected chi connectivity index (χ2v) is 15.7. The minimum absolute atomic E-state index is 0.0770. The van der Waals surface area contributed by atoms with Crippen molar-refractivity contribution in [1.29, 1.82) is 0 Å². The SMILES string of the molecule is O=C(CCCCCc1cccc2c1C(=O)N(C1CCC(=O)NC1=O)C2=O)CCCN1CC(Nc2cc(C(=O)CC[C@H](O)CN3CCc4ccccc4C3)ncn2)C1. The van der Waals surface area contributed by atoms with Crippen molar-refractivity contribution in [1.82, 2.24) is 30.0 Å². The van der Waals surface area contributed by atoms with Crippen molar-refractivity contribution in [3.8, 4) is 0 Å². The van der Waals surface area contributed by atoms with E-state index in [4.69, 9.17) is 0 Å². The number of aliphatic hydroxyl groups excluding tert-OH is 1. The number of nitrogens with zero attached hydrogens (tertiary/aromatic N) is 5. The number of imide groups is 2. The lowest BCUT2D eigenvalue weighted by atomic mass is 9.97. The van der Waals surface area contributed by atoms with Gasteiger partial charge < -0.3 is 10.4 Å². The number of fused-ring (bicyclic) bond motifs is 2. The third-order valence-electron chi connectivity index (χ3n) is 11.5. The lowest BCUT2D eigenvalue weighted by Crippen LogP contribution is -2.54. The monoisotopic (exact) mass is 777 g/mol. The number of amides is 4. The number of anilines is 1. The predicted octanol–water partition coefficient (Wildman–Crippen LogP) is 3.51. The molecule has 2 saturated heterocycles. The number of aliphatic hydroxyl groups is 1. The van der Waals surface area contributed by atoms with Crippen LogP contribution in [-0.2, 0) is 33.8 Å². The molecule has 4 amide bonds. The second-order valence-electron chi connectivity index (χ2n) is 15.7. The molecule has 2 fully saturated rings. The van der Waals surface area contributed by atoms with E-state index in [1.54, 1.807) is 18.2 Å². The lowest BCUT2D eigenvalue weighted by Gasteiger charge is -2.39. The van der Waals surface area contributed by atoms with Crippen molar-refractivity contribution in [2.45, 2.75) is 102 Å². The maximum absolute atomic E-state index is 13.3. The summed E-state index contributed by atoms with van der Waals surface area (Å²) in [5, 5.41) is 16.3. The van der Waals surface area contributed by atoms with E-state index in [1.165, 1.54) is 17.5 Å². The fourth-order valence-electron chi connectivity index (χ4n) is 8.40. The quantitative estimate of drug-likeness (QED) is 0.0917. The van der Waals surface area contributed by atoms with Gasteiger partial charge in [-0.3, -0.25) is 48.8 Å². The molecule has 14 heteroatoms.